The summed E-state index contributed by atoms with van der Waals surface area (Å²) in [5, 5.41) is 11.8. The second kappa shape index (κ2) is 10.5. The highest BCUT2D eigenvalue weighted by Gasteiger charge is 2.52. The molecule has 3 rings (SSSR count). The Morgan fingerprint density at radius 3 is 2.47 bits per heavy atom. The Morgan fingerprint density at radius 2 is 1.85 bits per heavy atom. The van der Waals surface area contributed by atoms with Crippen LogP contribution in [0.2, 0.25) is 0 Å². The second-order valence-corrected chi connectivity index (χ2v) is 8.56. The third-order valence-corrected chi connectivity index (χ3v) is 6.26. The van der Waals surface area contributed by atoms with Gasteiger partial charge < -0.3 is 10.2 Å². The average molecular weight is 465 g/mol. The lowest BCUT2D eigenvalue weighted by Gasteiger charge is -2.28. The molecule has 2 aromatic carbocycles. The van der Waals surface area contributed by atoms with Crippen LogP contribution in [0.15, 0.2) is 42.5 Å². The quantitative estimate of drug-likeness (QED) is 0.559. The average Bonchev–Trinajstić information content (AvgIpc) is 3.05. The maximum Gasteiger partial charge on any atom is 0.325 e. The molecule has 8 heteroatoms. The summed E-state index contributed by atoms with van der Waals surface area (Å²) in [5.41, 5.74) is 1.78. The van der Waals surface area contributed by atoms with Crippen LogP contribution in [0.3, 0.4) is 0 Å². The van der Waals surface area contributed by atoms with Gasteiger partial charge in [-0.15, -0.1) is 0 Å². The highest BCUT2D eigenvalue weighted by molar-refractivity contribution is 6.10. The van der Waals surface area contributed by atoms with Gasteiger partial charge in [-0.05, 0) is 61.2 Å². The summed E-state index contributed by atoms with van der Waals surface area (Å²) in [6.45, 7) is 5.53. The van der Waals surface area contributed by atoms with Gasteiger partial charge in [0, 0.05) is 12.2 Å². The van der Waals surface area contributed by atoms with E-state index in [4.69, 9.17) is 5.26 Å². The Balaban J connectivity index is 1.90. The summed E-state index contributed by atoms with van der Waals surface area (Å²) >= 11 is 0. The van der Waals surface area contributed by atoms with Crippen molar-refractivity contribution in [2.24, 2.45) is 0 Å². The van der Waals surface area contributed by atoms with Crippen LogP contribution in [0.25, 0.3) is 0 Å². The summed E-state index contributed by atoms with van der Waals surface area (Å²) in [5.74, 6) is -1.45. The Labute approximate surface area is 199 Å². The van der Waals surface area contributed by atoms with Crippen LogP contribution in [0.4, 0.5) is 14.9 Å². The minimum atomic E-state index is -1.35. The molecule has 0 radical (unpaired) electrons. The van der Waals surface area contributed by atoms with Crippen LogP contribution in [0, 0.1) is 31.0 Å². The summed E-state index contributed by atoms with van der Waals surface area (Å²) in [7, 11) is 0. The van der Waals surface area contributed by atoms with E-state index in [1.54, 1.807) is 6.07 Å². The molecule has 0 aromatic heterocycles. The van der Waals surface area contributed by atoms with E-state index in [1.807, 2.05) is 39.0 Å². The topological polar surface area (TPSA) is 93.5 Å². The summed E-state index contributed by atoms with van der Waals surface area (Å²) in [6.07, 6.45) is 1.89. The molecule has 1 unspecified atom stereocenters. The number of nitriles is 1. The van der Waals surface area contributed by atoms with Crippen LogP contribution in [0.1, 0.15) is 49.3 Å². The normalized spacial score (nSPS) is 17.4. The maximum absolute atomic E-state index is 13.6. The van der Waals surface area contributed by atoms with E-state index in [2.05, 4.69) is 5.32 Å². The van der Waals surface area contributed by atoms with Crippen molar-refractivity contribution in [1.82, 2.24) is 10.2 Å². The number of imide groups is 1. The number of anilines is 1. The van der Waals surface area contributed by atoms with Crippen molar-refractivity contribution < 1.29 is 18.8 Å². The molecule has 0 bridgehead atoms. The number of carbonyl (C=O) groups excluding carboxylic acids is 3. The van der Waals surface area contributed by atoms with E-state index >= 15 is 0 Å². The molecular formula is C26H29FN4O3. The molecule has 1 N–H and O–H groups in total. The van der Waals surface area contributed by atoms with Gasteiger partial charge >= 0.3 is 6.03 Å². The second-order valence-electron chi connectivity index (χ2n) is 8.56. The van der Waals surface area contributed by atoms with Crippen molar-refractivity contribution in [3.8, 4) is 6.07 Å². The Morgan fingerprint density at radius 1 is 1.15 bits per heavy atom. The van der Waals surface area contributed by atoms with Crippen molar-refractivity contribution in [1.29, 1.82) is 5.26 Å². The van der Waals surface area contributed by atoms with Crippen molar-refractivity contribution in [3.63, 3.8) is 0 Å². The zero-order valence-corrected chi connectivity index (χ0v) is 19.7. The van der Waals surface area contributed by atoms with Crippen LogP contribution < -0.4 is 10.2 Å². The van der Waals surface area contributed by atoms with Crippen molar-refractivity contribution in [3.05, 3.63) is 65.0 Å². The van der Waals surface area contributed by atoms with Gasteiger partial charge in [0.25, 0.3) is 5.91 Å². The lowest BCUT2D eigenvalue weighted by atomic mass is 9.85. The zero-order valence-electron chi connectivity index (χ0n) is 19.7. The number of rotatable bonds is 9. The number of unbranched alkanes of at least 4 members (excludes halogenated alkanes) is 1. The van der Waals surface area contributed by atoms with E-state index in [-0.39, 0.29) is 13.0 Å². The summed E-state index contributed by atoms with van der Waals surface area (Å²) in [6, 6.07) is 12.4. The summed E-state index contributed by atoms with van der Waals surface area (Å²) in [4.78, 5) is 42.1. The number of halogens is 1. The number of hydrogen-bond donors (Lipinski definition) is 1. The van der Waals surface area contributed by atoms with Gasteiger partial charge in [-0.1, -0.05) is 38.0 Å². The lowest BCUT2D eigenvalue weighted by Crippen LogP contribution is -2.46. The first-order valence-corrected chi connectivity index (χ1v) is 11.4. The number of urea groups is 1. The monoisotopic (exact) mass is 464 g/mol. The van der Waals surface area contributed by atoms with Crippen molar-refractivity contribution in [2.75, 3.05) is 18.0 Å². The molecule has 1 heterocycles. The molecule has 0 aliphatic carbocycles. The van der Waals surface area contributed by atoms with Gasteiger partial charge in [0.15, 0.2) is 0 Å². The molecular weight excluding hydrogens is 435 g/mol. The third-order valence-electron chi connectivity index (χ3n) is 6.26. The van der Waals surface area contributed by atoms with E-state index in [9.17, 15) is 18.8 Å². The number of amides is 4. The highest BCUT2D eigenvalue weighted by Crippen LogP contribution is 2.34. The standard InChI is InChI=1S/C26H29FN4O3/c1-4-5-13-26(20-8-10-21(27)11-9-20)24(33)31(25(34)29-26)17-23(32)30(15-6-14-28)22-12-7-18(2)19(3)16-22/h7-12,16H,4-6,13,15,17H2,1-3H3,(H,29,34). The largest absolute Gasteiger partial charge is 0.325 e. The molecule has 1 aliphatic rings. The number of carbonyl (C=O) groups is 3. The number of hydrogen-bond acceptors (Lipinski definition) is 4. The van der Waals surface area contributed by atoms with Crippen LogP contribution in [0.5, 0.6) is 0 Å². The fraction of sp³-hybridized carbons (Fsp3) is 0.385. The van der Waals surface area contributed by atoms with Gasteiger partial charge in [-0.25, -0.2) is 9.18 Å². The van der Waals surface area contributed by atoms with Gasteiger partial charge in [-0.3, -0.25) is 14.5 Å². The van der Waals surface area contributed by atoms with Crippen LogP contribution in [-0.2, 0) is 15.1 Å². The highest BCUT2D eigenvalue weighted by atomic mass is 19.1. The van der Waals surface area contributed by atoms with E-state index in [0.717, 1.165) is 22.4 Å². The molecule has 4 amide bonds. The molecule has 1 fully saturated rings. The van der Waals surface area contributed by atoms with Gasteiger partial charge in [0.2, 0.25) is 5.91 Å². The minimum absolute atomic E-state index is 0.106. The van der Waals surface area contributed by atoms with Crippen LogP contribution >= 0.6 is 0 Å². The predicted octanol–water partition coefficient (Wildman–Crippen LogP) is 4.33. The van der Waals surface area contributed by atoms with Crippen LogP contribution in [-0.4, -0.2) is 35.8 Å². The number of nitrogens with zero attached hydrogens (tertiary/aromatic N) is 3. The molecule has 178 valence electrons. The first kappa shape index (κ1) is 24.9. The van der Waals surface area contributed by atoms with Gasteiger partial charge in [0.1, 0.15) is 17.9 Å². The SMILES string of the molecule is CCCCC1(c2ccc(F)cc2)NC(=O)N(CC(=O)N(CCC#N)c2ccc(C)c(C)c2)C1=O. The fourth-order valence-electron chi connectivity index (χ4n) is 4.13. The Kier molecular flexibility index (Phi) is 7.67. The van der Waals surface area contributed by atoms with E-state index < -0.39 is 35.7 Å². The Bertz CT molecular complexity index is 1130. The molecule has 2 aromatic rings. The number of benzene rings is 2. The molecule has 0 saturated carbocycles. The van der Waals surface area contributed by atoms with Gasteiger partial charge in [0.05, 0.1) is 12.5 Å². The lowest BCUT2D eigenvalue weighted by molar-refractivity contribution is -0.135. The molecule has 7 nitrogen and oxygen atoms in total. The molecule has 0 spiro atoms. The smallest absolute Gasteiger partial charge is 0.319 e. The van der Waals surface area contributed by atoms with E-state index in [0.29, 0.717) is 24.1 Å². The fourth-order valence-corrected chi connectivity index (χ4v) is 4.13. The maximum atomic E-state index is 13.6. The minimum Gasteiger partial charge on any atom is -0.319 e. The third kappa shape index (κ3) is 4.93. The first-order chi connectivity index (χ1) is 16.2. The molecule has 34 heavy (non-hydrogen) atoms. The number of aryl methyl sites for hydroxylation is 2. The molecule has 1 saturated heterocycles. The first-order valence-electron chi connectivity index (χ1n) is 11.4. The van der Waals surface area contributed by atoms with Gasteiger partial charge in [-0.2, -0.15) is 5.26 Å². The summed E-state index contributed by atoms with van der Waals surface area (Å²) < 4.78 is 13.5. The predicted molar refractivity (Wildman–Crippen MR) is 126 cm³/mol. The van der Waals surface area contributed by atoms with E-state index in [1.165, 1.54) is 29.2 Å². The van der Waals surface area contributed by atoms with Crippen molar-refractivity contribution >= 4 is 23.5 Å². The Hall–Kier alpha value is -3.73. The number of nitrogens with one attached hydrogen (secondary N) is 1. The van der Waals surface area contributed by atoms with Crippen molar-refractivity contribution in [2.45, 2.75) is 52.0 Å². The molecule has 1 aliphatic heterocycles. The molecule has 1 atom stereocenters. The zero-order chi connectivity index (χ0) is 24.9.